The predicted octanol–water partition coefficient (Wildman–Crippen LogP) is 2.21. The van der Waals surface area contributed by atoms with Gasteiger partial charge in [0.2, 0.25) is 15.9 Å². The zero-order valence-electron chi connectivity index (χ0n) is 15.8. The third-order valence-corrected chi connectivity index (χ3v) is 6.26. The van der Waals surface area contributed by atoms with E-state index in [9.17, 15) is 13.2 Å². The second-order valence-corrected chi connectivity index (χ2v) is 8.51. The minimum atomic E-state index is -3.83. The topological polar surface area (TPSA) is 102 Å². The van der Waals surface area contributed by atoms with Crippen molar-refractivity contribution < 1.29 is 17.9 Å². The van der Waals surface area contributed by atoms with Crippen LogP contribution < -0.4 is 15.8 Å². The molecular weight excluding hydrogens is 402 g/mol. The van der Waals surface area contributed by atoms with Gasteiger partial charge in [-0.05, 0) is 55.3 Å². The van der Waals surface area contributed by atoms with Crippen LogP contribution in [0.5, 0.6) is 11.5 Å². The number of carbonyl (C=O) groups is 1. The van der Waals surface area contributed by atoms with Crippen LogP contribution >= 0.6 is 12.4 Å². The van der Waals surface area contributed by atoms with Gasteiger partial charge in [-0.1, -0.05) is 6.07 Å². The van der Waals surface area contributed by atoms with Gasteiger partial charge in [-0.2, -0.15) is 4.31 Å². The fourth-order valence-electron chi connectivity index (χ4n) is 3.09. The van der Waals surface area contributed by atoms with Crippen molar-refractivity contribution in [1.29, 1.82) is 0 Å². The fraction of sp³-hybridized carbons (Fsp3) is 0.316. The number of piperazine rings is 1. The summed E-state index contributed by atoms with van der Waals surface area (Å²) in [7, 11) is -3.83. The maximum absolute atomic E-state index is 13.2. The van der Waals surface area contributed by atoms with E-state index in [0.29, 0.717) is 31.9 Å². The van der Waals surface area contributed by atoms with Gasteiger partial charge in [-0.15, -0.1) is 12.4 Å². The molecule has 0 bridgehead atoms. The van der Waals surface area contributed by atoms with Crippen molar-refractivity contribution in [2.45, 2.75) is 18.7 Å². The van der Waals surface area contributed by atoms with Gasteiger partial charge in [0.25, 0.3) is 0 Å². The summed E-state index contributed by atoms with van der Waals surface area (Å²) in [5.74, 6) is 0.0179. The lowest BCUT2D eigenvalue weighted by atomic mass is 10.1. The highest BCUT2D eigenvalue weighted by atomic mass is 35.5. The van der Waals surface area contributed by atoms with Crippen LogP contribution in [0.3, 0.4) is 0 Å². The molecule has 7 nitrogen and oxygen atoms in total. The van der Waals surface area contributed by atoms with Crippen molar-refractivity contribution in [1.82, 2.24) is 9.62 Å². The first-order chi connectivity index (χ1) is 12.8. The summed E-state index contributed by atoms with van der Waals surface area (Å²) in [6.07, 6.45) is 0. The number of nitrogens with two attached hydrogens (primary N) is 1. The maximum Gasteiger partial charge on any atom is 0.248 e. The standard InChI is InChI=1S/C19H23N3O4S.ClH/c1-13-9-14(2)11-16(10-13)26-17-4-3-15(19(20)23)12-18(17)27(24,25)22-7-5-21-6-8-22;/h3-4,9-12,21H,5-8H2,1-2H3,(H2,20,23);1H. The first kappa shape index (κ1) is 22.2. The molecule has 152 valence electrons. The van der Waals surface area contributed by atoms with E-state index in [1.165, 1.54) is 22.5 Å². The van der Waals surface area contributed by atoms with Crippen LogP contribution in [-0.2, 0) is 10.0 Å². The quantitative estimate of drug-likeness (QED) is 0.764. The Labute approximate surface area is 171 Å². The Balaban J connectivity index is 0.00000280. The summed E-state index contributed by atoms with van der Waals surface area (Å²) in [5.41, 5.74) is 7.48. The molecule has 28 heavy (non-hydrogen) atoms. The van der Waals surface area contributed by atoms with E-state index in [-0.39, 0.29) is 28.6 Å². The van der Waals surface area contributed by atoms with E-state index < -0.39 is 15.9 Å². The summed E-state index contributed by atoms with van der Waals surface area (Å²) in [6, 6.07) is 9.90. The van der Waals surface area contributed by atoms with Gasteiger partial charge in [-0.25, -0.2) is 8.42 Å². The molecule has 1 aliphatic heterocycles. The second kappa shape index (κ2) is 8.91. The van der Waals surface area contributed by atoms with E-state index in [0.717, 1.165) is 11.1 Å². The molecule has 1 saturated heterocycles. The molecule has 0 aromatic heterocycles. The van der Waals surface area contributed by atoms with Crippen LogP contribution in [0.1, 0.15) is 21.5 Å². The van der Waals surface area contributed by atoms with Crippen LogP contribution in [0.15, 0.2) is 41.3 Å². The van der Waals surface area contributed by atoms with E-state index in [4.69, 9.17) is 10.5 Å². The molecule has 3 N–H and O–H groups in total. The highest BCUT2D eigenvalue weighted by molar-refractivity contribution is 7.89. The van der Waals surface area contributed by atoms with Crippen LogP contribution in [0.4, 0.5) is 0 Å². The van der Waals surface area contributed by atoms with Crippen molar-refractivity contribution in [3.05, 3.63) is 53.1 Å². The lowest BCUT2D eigenvalue weighted by Gasteiger charge is -2.27. The molecule has 3 rings (SSSR count). The Kier molecular flexibility index (Phi) is 7.06. The number of ether oxygens (including phenoxy) is 1. The summed E-state index contributed by atoms with van der Waals surface area (Å²) in [4.78, 5) is 11.5. The molecule has 0 radical (unpaired) electrons. The van der Waals surface area contributed by atoms with Gasteiger partial charge in [0, 0.05) is 31.7 Å². The molecule has 2 aromatic rings. The average molecular weight is 426 g/mol. The molecule has 2 aromatic carbocycles. The van der Waals surface area contributed by atoms with Crippen molar-refractivity contribution in [2.75, 3.05) is 26.2 Å². The molecule has 1 aliphatic rings. The molecular formula is C19H24ClN3O4S. The van der Waals surface area contributed by atoms with Crippen LogP contribution in [0.2, 0.25) is 0 Å². The first-order valence-corrected chi connectivity index (χ1v) is 10.1. The van der Waals surface area contributed by atoms with Gasteiger partial charge in [0.15, 0.2) is 0 Å². The van der Waals surface area contributed by atoms with E-state index in [1.54, 1.807) is 0 Å². The van der Waals surface area contributed by atoms with Gasteiger partial charge in [0.1, 0.15) is 16.4 Å². The number of sulfonamides is 1. The molecule has 0 atom stereocenters. The molecule has 0 spiro atoms. The van der Waals surface area contributed by atoms with E-state index >= 15 is 0 Å². The van der Waals surface area contributed by atoms with Gasteiger partial charge < -0.3 is 15.8 Å². The van der Waals surface area contributed by atoms with E-state index in [2.05, 4.69) is 5.32 Å². The molecule has 9 heteroatoms. The van der Waals surface area contributed by atoms with Crippen LogP contribution in [0, 0.1) is 13.8 Å². The number of primary amides is 1. The average Bonchev–Trinajstić information content (AvgIpc) is 2.61. The van der Waals surface area contributed by atoms with Crippen LogP contribution in [-0.4, -0.2) is 44.8 Å². The molecule has 0 unspecified atom stereocenters. The zero-order valence-corrected chi connectivity index (χ0v) is 17.4. The summed E-state index contributed by atoms with van der Waals surface area (Å²) < 4.78 is 33.6. The highest BCUT2D eigenvalue weighted by Gasteiger charge is 2.30. The largest absolute Gasteiger partial charge is 0.456 e. The maximum atomic E-state index is 13.2. The van der Waals surface area contributed by atoms with Gasteiger partial charge in [-0.3, -0.25) is 4.79 Å². The smallest absolute Gasteiger partial charge is 0.248 e. The highest BCUT2D eigenvalue weighted by Crippen LogP contribution is 2.32. The number of aryl methyl sites for hydroxylation is 2. The van der Waals surface area contributed by atoms with E-state index in [1.807, 2.05) is 32.0 Å². The van der Waals surface area contributed by atoms with Crippen LogP contribution in [0.25, 0.3) is 0 Å². The number of benzene rings is 2. The SMILES string of the molecule is Cc1cc(C)cc(Oc2ccc(C(N)=O)cc2S(=O)(=O)N2CCNCC2)c1.Cl. The van der Waals surface area contributed by atoms with Crippen molar-refractivity contribution in [2.24, 2.45) is 5.73 Å². The Morgan fingerprint density at radius 1 is 1.07 bits per heavy atom. The Bertz CT molecular complexity index is 953. The lowest BCUT2D eigenvalue weighted by molar-refractivity contribution is 0.1000. The monoisotopic (exact) mass is 425 g/mol. The molecule has 0 saturated carbocycles. The predicted molar refractivity (Wildman–Crippen MR) is 110 cm³/mol. The number of amides is 1. The summed E-state index contributed by atoms with van der Waals surface area (Å²) >= 11 is 0. The number of hydrogen-bond acceptors (Lipinski definition) is 5. The number of carbonyl (C=O) groups excluding carboxylic acids is 1. The van der Waals surface area contributed by atoms with Crippen molar-refractivity contribution in [3.63, 3.8) is 0 Å². The molecule has 1 fully saturated rings. The summed E-state index contributed by atoms with van der Waals surface area (Å²) in [5, 5.41) is 3.12. The van der Waals surface area contributed by atoms with Crippen molar-refractivity contribution >= 4 is 28.3 Å². The number of hydrogen-bond donors (Lipinski definition) is 2. The Morgan fingerprint density at radius 3 is 2.25 bits per heavy atom. The van der Waals surface area contributed by atoms with Gasteiger partial charge in [0.05, 0.1) is 0 Å². The second-order valence-electron chi connectivity index (χ2n) is 6.61. The molecule has 1 amide bonds. The Hall–Kier alpha value is -2.13. The normalized spacial score (nSPS) is 14.9. The number of nitrogens with one attached hydrogen (secondary N) is 1. The zero-order chi connectivity index (χ0) is 19.6. The van der Waals surface area contributed by atoms with Gasteiger partial charge >= 0.3 is 0 Å². The number of rotatable bonds is 5. The third-order valence-electron chi connectivity index (χ3n) is 4.35. The first-order valence-electron chi connectivity index (χ1n) is 8.68. The molecule has 1 heterocycles. The van der Waals surface area contributed by atoms with Crippen molar-refractivity contribution in [3.8, 4) is 11.5 Å². The lowest BCUT2D eigenvalue weighted by Crippen LogP contribution is -2.46. The summed E-state index contributed by atoms with van der Waals surface area (Å²) in [6.45, 7) is 5.73. The minimum Gasteiger partial charge on any atom is -0.456 e. The number of halogens is 1. The third kappa shape index (κ3) is 4.82. The minimum absolute atomic E-state index is 0. The molecule has 0 aliphatic carbocycles. The number of nitrogens with zero attached hydrogens (tertiary/aromatic N) is 1. The fourth-order valence-corrected chi connectivity index (χ4v) is 4.67. The Morgan fingerprint density at radius 2 is 1.68 bits per heavy atom.